The van der Waals surface area contributed by atoms with Gasteiger partial charge in [-0.05, 0) is 16.3 Å². The monoisotopic (exact) mass is 314 g/mol. The van der Waals surface area contributed by atoms with Gasteiger partial charge in [0, 0.05) is 12.8 Å². The van der Waals surface area contributed by atoms with Gasteiger partial charge in [-0.1, -0.05) is 42.5 Å². The van der Waals surface area contributed by atoms with Crippen molar-refractivity contribution in [2.75, 3.05) is 0 Å². The Hall–Kier alpha value is -2.89. The van der Waals surface area contributed by atoms with Gasteiger partial charge in [0.2, 0.25) is 11.8 Å². The first-order valence-corrected chi connectivity index (χ1v) is 7.24. The largest absolute Gasteiger partial charge is 0.481 e. The zero-order valence-corrected chi connectivity index (χ0v) is 12.5. The molecule has 4 N–H and O–H groups in total. The fourth-order valence-electron chi connectivity index (χ4n) is 2.40. The summed E-state index contributed by atoms with van der Waals surface area (Å²) in [5.74, 6) is -2.22. The lowest BCUT2D eigenvalue weighted by atomic mass is 9.98. The molecule has 0 saturated carbocycles. The van der Waals surface area contributed by atoms with E-state index in [0.29, 0.717) is 0 Å². The van der Waals surface area contributed by atoms with Crippen molar-refractivity contribution in [3.05, 3.63) is 48.0 Å². The van der Waals surface area contributed by atoms with E-state index < -0.39 is 23.8 Å². The summed E-state index contributed by atoms with van der Waals surface area (Å²) in [6, 6.07) is 12.6. The van der Waals surface area contributed by atoms with Crippen LogP contribution in [0.5, 0.6) is 0 Å². The second-order valence-corrected chi connectivity index (χ2v) is 5.26. The van der Waals surface area contributed by atoms with Crippen LogP contribution in [-0.4, -0.2) is 28.9 Å². The van der Waals surface area contributed by atoms with Crippen molar-refractivity contribution in [3.8, 4) is 0 Å². The quantitative estimate of drug-likeness (QED) is 0.713. The topological polar surface area (TPSA) is 109 Å². The van der Waals surface area contributed by atoms with Crippen molar-refractivity contribution in [1.29, 1.82) is 0 Å². The molecule has 0 fully saturated rings. The first-order chi connectivity index (χ1) is 11.0. The van der Waals surface area contributed by atoms with Crippen LogP contribution in [0.4, 0.5) is 0 Å². The summed E-state index contributed by atoms with van der Waals surface area (Å²) in [5, 5.41) is 13.1. The number of hydrogen-bond donors (Lipinski definition) is 3. The van der Waals surface area contributed by atoms with Gasteiger partial charge in [0.05, 0.1) is 6.42 Å². The van der Waals surface area contributed by atoms with E-state index in [0.717, 1.165) is 16.3 Å². The fraction of sp³-hybridized carbons (Fsp3) is 0.235. The Morgan fingerprint density at radius 1 is 1.04 bits per heavy atom. The smallest absolute Gasteiger partial charge is 0.303 e. The molecule has 0 aliphatic rings. The molecule has 0 unspecified atom stereocenters. The molecule has 120 valence electrons. The molecule has 23 heavy (non-hydrogen) atoms. The van der Waals surface area contributed by atoms with Crippen LogP contribution in [-0.2, 0) is 20.8 Å². The SMILES string of the molecule is NC(=O)[C@H](Cc1cccc2ccccc12)NC(=O)CCC(=O)O. The van der Waals surface area contributed by atoms with Gasteiger partial charge >= 0.3 is 5.97 Å². The minimum atomic E-state index is -1.06. The Kier molecular flexibility index (Phi) is 5.30. The molecule has 1 atom stereocenters. The predicted octanol–water partition coefficient (Wildman–Crippen LogP) is 1.22. The number of fused-ring (bicyclic) bond motifs is 1. The van der Waals surface area contributed by atoms with E-state index in [1.807, 2.05) is 42.5 Å². The molecular formula is C17H18N2O4. The summed E-state index contributed by atoms with van der Waals surface area (Å²) in [4.78, 5) is 33.8. The van der Waals surface area contributed by atoms with Gasteiger partial charge in [-0.25, -0.2) is 0 Å². The summed E-state index contributed by atoms with van der Waals surface area (Å²) in [6.45, 7) is 0. The van der Waals surface area contributed by atoms with Crippen LogP contribution < -0.4 is 11.1 Å². The lowest BCUT2D eigenvalue weighted by molar-refractivity contribution is -0.139. The van der Waals surface area contributed by atoms with Crippen molar-refractivity contribution < 1.29 is 19.5 Å². The molecule has 0 bridgehead atoms. The number of primary amides is 1. The number of amides is 2. The van der Waals surface area contributed by atoms with Gasteiger partial charge in [0.15, 0.2) is 0 Å². The van der Waals surface area contributed by atoms with E-state index in [4.69, 9.17) is 10.8 Å². The number of aliphatic carboxylic acids is 1. The highest BCUT2D eigenvalue weighted by Crippen LogP contribution is 2.19. The van der Waals surface area contributed by atoms with E-state index >= 15 is 0 Å². The standard InChI is InChI=1S/C17H18N2O4/c18-17(23)14(19-15(20)8-9-16(21)22)10-12-6-3-5-11-4-1-2-7-13(11)12/h1-7,14H,8-10H2,(H2,18,23)(H,19,20)(H,21,22)/t14-/m0/s1. The predicted molar refractivity (Wildman–Crippen MR) is 85.6 cm³/mol. The maximum atomic E-state index is 11.7. The molecule has 0 saturated heterocycles. The zero-order valence-electron chi connectivity index (χ0n) is 12.5. The molecule has 0 aromatic heterocycles. The van der Waals surface area contributed by atoms with E-state index in [1.54, 1.807) is 0 Å². The summed E-state index contributed by atoms with van der Waals surface area (Å²) in [6.07, 6.45) is -0.213. The third-order valence-electron chi connectivity index (χ3n) is 3.55. The van der Waals surface area contributed by atoms with E-state index in [9.17, 15) is 14.4 Å². The van der Waals surface area contributed by atoms with Crippen LogP contribution in [0.15, 0.2) is 42.5 Å². The molecule has 2 rings (SSSR count). The molecule has 2 amide bonds. The molecule has 6 heteroatoms. The normalized spacial score (nSPS) is 11.8. The first kappa shape index (κ1) is 16.5. The lowest BCUT2D eigenvalue weighted by Crippen LogP contribution is -2.45. The lowest BCUT2D eigenvalue weighted by Gasteiger charge is -2.16. The van der Waals surface area contributed by atoms with Gasteiger partial charge in [0.25, 0.3) is 0 Å². The van der Waals surface area contributed by atoms with Crippen LogP contribution in [0.1, 0.15) is 18.4 Å². The first-order valence-electron chi connectivity index (χ1n) is 7.24. The maximum absolute atomic E-state index is 11.7. The Morgan fingerprint density at radius 3 is 2.43 bits per heavy atom. The average Bonchev–Trinajstić information content (AvgIpc) is 2.52. The van der Waals surface area contributed by atoms with E-state index in [1.165, 1.54) is 0 Å². The number of nitrogens with two attached hydrogens (primary N) is 1. The number of carboxylic acid groups (broad SMARTS) is 1. The highest BCUT2D eigenvalue weighted by Gasteiger charge is 2.19. The Balaban J connectivity index is 2.14. The molecule has 0 radical (unpaired) electrons. The molecule has 0 spiro atoms. The minimum absolute atomic E-state index is 0.186. The maximum Gasteiger partial charge on any atom is 0.303 e. The van der Waals surface area contributed by atoms with Crippen LogP contribution in [0.25, 0.3) is 10.8 Å². The van der Waals surface area contributed by atoms with Crippen LogP contribution >= 0.6 is 0 Å². The van der Waals surface area contributed by atoms with Crippen molar-refractivity contribution in [2.45, 2.75) is 25.3 Å². The number of carbonyl (C=O) groups excluding carboxylic acids is 2. The van der Waals surface area contributed by atoms with Gasteiger partial charge < -0.3 is 16.2 Å². The third-order valence-corrected chi connectivity index (χ3v) is 3.55. The molecule has 2 aromatic rings. The highest BCUT2D eigenvalue weighted by atomic mass is 16.4. The minimum Gasteiger partial charge on any atom is -0.481 e. The summed E-state index contributed by atoms with van der Waals surface area (Å²) < 4.78 is 0. The molecule has 0 aliphatic carbocycles. The molecule has 2 aromatic carbocycles. The van der Waals surface area contributed by atoms with Crippen LogP contribution in [0.2, 0.25) is 0 Å². The fourth-order valence-corrected chi connectivity index (χ4v) is 2.40. The Bertz CT molecular complexity index is 737. The van der Waals surface area contributed by atoms with Gasteiger partial charge in [-0.15, -0.1) is 0 Å². The number of rotatable bonds is 7. The molecular weight excluding hydrogens is 296 g/mol. The van der Waals surface area contributed by atoms with Crippen molar-refractivity contribution >= 4 is 28.6 Å². The summed E-state index contributed by atoms with van der Waals surface area (Å²) in [5.41, 5.74) is 6.26. The van der Waals surface area contributed by atoms with E-state index in [-0.39, 0.29) is 19.3 Å². The molecule has 0 aliphatic heterocycles. The van der Waals surface area contributed by atoms with Crippen molar-refractivity contribution in [1.82, 2.24) is 5.32 Å². The summed E-state index contributed by atoms with van der Waals surface area (Å²) >= 11 is 0. The van der Waals surface area contributed by atoms with Gasteiger partial charge in [-0.3, -0.25) is 14.4 Å². The second-order valence-electron chi connectivity index (χ2n) is 5.26. The second kappa shape index (κ2) is 7.40. The van der Waals surface area contributed by atoms with Crippen LogP contribution in [0.3, 0.4) is 0 Å². The number of hydrogen-bond acceptors (Lipinski definition) is 3. The van der Waals surface area contributed by atoms with E-state index in [2.05, 4.69) is 5.32 Å². The third kappa shape index (κ3) is 4.54. The number of carbonyl (C=O) groups is 3. The average molecular weight is 314 g/mol. The highest BCUT2D eigenvalue weighted by molar-refractivity contribution is 5.90. The van der Waals surface area contributed by atoms with Crippen molar-refractivity contribution in [3.63, 3.8) is 0 Å². The van der Waals surface area contributed by atoms with Crippen LogP contribution in [0, 0.1) is 0 Å². The van der Waals surface area contributed by atoms with Gasteiger partial charge in [0.1, 0.15) is 6.04 Å². The number of nitrogens with one attached hydrogen (secondary N) is 1. The van der Waals surface area contributed by atoms with Gasteiger partial charge in [-0.2, -0.15) is 0 Å². The zero-order chi connectivity index (χ0) is 16.8. The Labute approximate surface area is 133 Å². The number of benzene rings is 2. The van der Waals surface area contributed by atoms with Crippen molar-refractivity contribution in [2.24, 2.45) is 5.73 Å². The molecule has 0 heterocycles. The number of carboxylic acids is 1. The molecule has 6 nitrogen and oxygen atoms in total. The summed E-state index contributed by atoms with van der Waals surface area (Å²) in [7, 11) is 0. The Morgan fingerprint density at radius 2 is 1.74 bits per heavy atom.